The summed E-state index contributed by atoms with van der Waals surface area (Å²) in [7, 11) is 0. The van der Waals surface area contributed by atoms with Crippen LogP contribution in [0.25, 0.3) is 0 Å². The number of carbonyl (C=O) groups excluding carboxylic acids is 1. The van der Waals surface area contributed by atoms with Crippen molar-refractivity contribution in [2.45, 2.75) is 16.5 Å². The molecule has 0 aromatic rings. The number of hydrogen-bond acceptors (Lipinski definition) is 1. The SMILES string of the molecule is [CH3][Mg][CH2]C(C)=O. The van der Waals surface area contributed by atoms with Crippen LogP contribution in [0.4, 0.5) is 0 Å². The van der Waals surface area contributed by atoms with Crippen molar-refractivity contribution < 1.29 is 4.79 Å². The average molecular weight is 96.4 g/mol. The van der Waals surface area contributed by atoms with Gasteiger partial charge >= 0.3 is 20.4 Å². The van der Waals surface area contributed by atoms with Gasteiger partial charge in [-0.2, -0.15) is 5.05 Å². The summed E-state index contributed by atoms with van der Waals surface area (Å²) >= 11 is 0.0170. The maximum Gasteiger partial charge on any atom is 0.371 e. The van der Waals surface area contributed by atoms with Gasteiger partial charge in [0, 0.05) is 0 Å². The van der Waals surface area contributed by atoms with Crippen LogP contribution in [0.2, 0.25) is 9.60 Å². The molecule has 0 aromatic carbocycles. The molecule has 0 amide bonds. The lowest BCUT2D eigenvalue weighted by molar-refractivity contribution is -0.114. The van der Waals surface area contributed by atoms with E-state index < -0.39 is 0 Å². The molecule has 0 N–H and O–H groups in total. The van der Waals surface area contributed by atoms with Crippen molar-refractivity contribution in [2.75, 3.05) is 0 Å². The van der Waals surface area contributed by atoms with E-state index in [1.807, 2.05) is 0 Å². The molecule has 0 aromatic heterocycles. The summed E-state index contributed by atoms with van der Waals surface area (Å²) in [6.07, 6.45) is 0. The third-order valence-corrected chi connectivity index (χ3v) is 1.81. The summed E-state index contributed by atoms with van der Waals surface area (Å²) in [5.74, 6) is 0.351. The van der Waals surface area contributed by atoms with Crippen LogP contribution < -0.4 is 0 Å². The quantitative estimate of drug-likeness (QED) is 0.464. The van der Waals surface area contributed by atoms with Crippen LogP contribution in [-0.4, -0.2) is 26.1 Å². The standard InChI is InChI=1S/C3H5O.CH3.Mg/c1-3(2)4;;/h1H2,2H3;1H3;. The first-order valence-corrected chi connectivity index (χ1v) is 4.68. The Bertz CT molecular complexity index is 51.5. The van der Waals surface area contributed by atoms with Crippen molar-refractivity contribution in [3.63, 3.8) is 0 Å². The fourth-order valence-corrected chi connectivity index (χ4v) is 1.06. The molecule has 0 saturated heterocycles. The van der Waals surface area contributed by atoms with E-state index in [0.29, 0.717) is 5.78 Å². The Kier molecular flexibility index (Phi) is 3.88. The maximum absolute atomic E-state index is 10.1. The molecule has 0 aliphatic heterocycles. The van der Waals surface area contributed by atoms with Crippen molar-refractivity contribution in [3.05, 3.63) is 0 Å². The highest BCUT2D eigenvalue weighted by Crippen LogP contribution is 1.76. The van der Waals surface area contributed by atoms with Crippen molar-refractivity contribution in [1.29, 1.82) is 0 Å². The fourth-order valence-electron chi connectivity index (χ4n) is 0.352. The zero-order valence-electron chi connectivity index (χ0n) is 4.32. The van der Waals surface area contributed by atoms with Crippen LogP contribution in [0, 0.1) is 0 Å². The number of ketones is 1. The Morgan fingerprint density at radius 2 is 2.33 bits per heavy atom. The van der Waals surface area contributed by atoms with Gasteiger partial charge < -0.3 is 4.79 Å². The first-order valence-electron chi connectivity index (χ1n) is 2.26. The summed E-state index contributed by atoms with van der Waals surface area (Å²) in [6.45, 7) is 1.65. The zero-order valence-corrected chi connectivity index (χ0v) is 5.74. The minimum atomic E-state index is 0.0170. The predicted octanol–water partition coefficient (Wildman–Crippen LogP) is 0.746. The lowest BCUT2D eigenvalue weighted by Crippen LogP contribution is -1.90. The lowest BCUT2D eigenvalue weighted by atomic mass is 10.5. The van der Waals surface area contributed by atoms with Crippen LogP contribution in [0.3, 0.4) is 0 Å². The molecule has 0 radical (unpaired) electrons. The summed E-state index contributed by atoms with van der Waals surface area (Å²) in [6, 6.07) is 0. The van der Waals surface area contributed by atoms with Gasteiger partial charge in [0.2, 0.25) is 0 Å². The van der Waals surface area contributed by atoms with Crippen LogP contribution in [-0.2, 0) is 4.79 Å². The van der Waals surface area contributed by atoms with Crippen molar-refractivity contribution in [3.8, 4) is 0 Å². The fraction of sp³-hybridized carbons (Fsp3) is 0.750. The van der Waals surface area contributed by atoms with Gasteiger partial charge in [-0.05, 0) is 6.92 Å². The normalized spacial score (nSPS) is 7.00. The Balaban J connectivity index is 2.83. The Morgan fingerprint density at radius 3 is 2.33 bits per heavy atom. The molecule has 0 aliphatic rings. The summed E-state index contributed by atoms with van der Waals surface area (Å²) < 4.78 is 0.875. The summed E-state index contributed by atoms with van der Waals surface area (Å²) in [5.41, 5.74) is 0. The monoisotopic (exact) mass is 96.0 g/mol. The van der Waals surface area contributed by atoms with Crippen molar-refractivity contribution in [1.82, 2.24) is 0 Å². The molecule has 2 heteroatoms. The molecule has 1 nitrogen and oxygen atoms in total. The van der Waals surface area contributed by atoms with Crippen LogP contribution >= 0.6 is 0 Å². The highest BCUT2D eigenvalue weighted by atomic mass is 24.5. The lowest BCUT2D eigenvalue weighted by Gasteiger charge is -1.77. The molecule has 0 unspecified atom stereocenters. The third kappa shape index (κ3) is 4.44. The van der Waals surface area contributed by atoms with Crippen molar-refractivity contribution in [2.24, 2.45) is 0 Å². The minimum Gasteiger partial charge on any atom is -0.303 e. The van der Waals surface area contributed by atoms with Gasteiger partial charge in [0.1, 0.15) is 5.78 Å². The highest BCUT2D eigenvalue weighted by molar-refractivity contribution is 6.39. The molecular formula is C4H8MgO. The smallest absolute Gasteiger partial charge is 0.303 e. The van der Waals surface area contributed by atoms with Gasteiger partial charge in [-0.15, -0.1) is 0 Å². The Labute approximate surface area is 47.8 Å². The van der Waals surface area contributed by atoms with E-state index in [2.05, 4.69) is 5.05 Å². The molecule has 0 saturated carbocycles. The highest BCUT2D eigenvalue weighted by Gasteiger charge is 1.88. The summed E-state index contributed by atoms with van der Waals surface area (Å²) in [5, 5.41) is 2.14. The van der Waals surface area contributed by atoms with Gasteiger partial charge in [-0.3, -0.25) is 0 Å². The first-order chi connectivity index (χ1) is 2.77. The van der Waals surface area contributed by atoms with E-state index in [4.69, 9.17) is 0 Å². The Morgan fingerprint density at radius 1 is 1.83 bits per heavy atom. The van der Waals surface area contributed by atoms with E-state index in [1.165, 1.54) is 0 Å². The largest absolute Gasteiger partial charge is 0.371 e. The van der Waals surface area contributed by atoms with Gasteiger partial charge in [0.25, 0.3) is 0 Å². The number of rotatable bonds is 2. The van der Waals surface area contributed by atoms with E-state index in [-0.39, 0.29) is 20.4 Å². The molecular weight excluding hydrogens is 88.3 g/mol. The van der Waals surface area contributed by atoms with Gasteiger partial charge in [0.05, 0.1) is 0 Å². The second kappa shape index (κ2) is 3.62. The van der Waals surface area contributed by atoms with Crippen molar-refractivity contribution >= 4 is 26.1 Å². The molecule has 32 valence electrons. The molecule has 0 rings (SSSR count). The van der Waals surface area contributed by atoms with E-state index in [9.17, 15) is 4.79 Å². The van der Waals surface area contributed by atoms with Gasteiger partial charge in [-0.1, -0.05) is 4.55 Å². The topological polar surface area (TPSA) is 17.1 Å². The van der Waals surface area contributed by atoms with E-state index in [1.54, 1.807) is 6.92 Å². The summed E-state index contributed by atoms with van der Waals surface area (Å²) in [4.78, 5) is 10.1. The molecule has 0 heterocycles. The van der Waals surface area contributed by atoms with Gasteiger partial charge in [0.15, 0.2) is 0 Å². The predicted molar refractivity (Wildman–Crippen MR) is 27.1 cm³/mol. The first kappa shape index (κ1) is 6.44. The number of carbonyl (C=O) groups is 1. The van der Waals surface area contributed by atoms with E-state index in [0.717, 1.165) is 4.55 Å². The maximum atomic E-state index is 10.1. The zero-order chi connectivity index (χ0) is 4.99. The van der Waals surface area contributed by atoms with Gasteiger partial charge in [-0.25, -0.2) is 0 Å². The number of hydrogen-bond donors (Lipinski definition) is 0. The second-order valence-electron chi connectivity index (χ2n) is 1.45. The number of Topliss-reactive ketones (excluding diaryl/α,β-unsaturated/α-hetero) is 1. The van der Waals surface area contributed by atoms with Crippen LogP contribution in [0.15, 0.2) is 0 Å². The van der Waals surface area contributed by atoms with Crippen LogP contribution in [0.1, 0.15) is 6.92 Å². The Hall–Kier alpha value is 0.436. The van der Waals surface area contributed by atoms with Crippen LogP contribution in [0.5, 0.6) is 0 Å². The molecule has 0 spiro atoms. The average Bonchev–Trinajstić information content (AvgIpc) is 1.35. The second-order valence-corrected chi connectivity index (χ2v) is 2.95. The third-order valence-electron chi connectivity index (χ3n) is 0.602. The molecule has 0 bridgehead atoms. The minimum absolute atomic E-state index is 0.0170. The molecule has 6 heavy (non-hydrogen) atoms. The van der Waals surface area contributed by atoms with E-state index >= 15 is 0 Å². The molecule has 0 fully saturated rings. The molecule has 0 atom stereocenters. The molecule has 0 aliphatic carbocycles.